The first-order chi connectivity index (χ1) is 10.3. The van der Waals surface area contributed by atoms with Crippen molar-refractivity contribution < 1.29 is 4.79 Å². The Morgan fingerprint density at radius 1 is 1.00 bits per heavy atom. The predicted octanol–water partition coefficient (Wildman–Crippen LogP) is 3.32. The normalized spacial score (nSPS) is 14.8. The maximum absolute atomic E-state index is 12.3. The molecule has 1 aliphatic heterocycles. The Balaban J connectivity index is 1.80. The summed E-state index contributed by atoms with van der Waals surface area (Å²) in [5.74, 6) is -0.167. The average molecular weight is 281 g/mol. The maximum atomic E-state index is 12.3. The number of pyridine rings is 1. The van der Waals surface area contributed by atoms with E-state index in [1.54, 1.807) is 18.3 Å². The second-order valence-corrected chi connectivity index (χ2v) is 5.23. The fourth-order valence-electron chi connectivity index (χ4n) is 2.67. The van der Waals surface area contributed by atoms with Crippen LogP contribution in [0.4, 0.5) is 11.4 Å². The van der Waals surface area contributed by atoms with Gasteiger partial charge in [0.1, 0.15) is 5.69 Å². The molecule has 1 aromatic carbocycles. The molecule has 1 amide bonds. The number of nitrogens with one attached hydrogen (secondary N) is 1. The van der Waals surface area contributed by atoms with Crippen LogP contribution in [0.1, 0.15) is 29.8 Å². The van der Waals surface area contributed by atoms with Crippen LogP contribution < -0.4 is 10.2 Å². The highest BCUT2D eigenvalue weighted by molar-refractivity contribution is 6.04. The number of hydrogen-bond donors (Lipinski definition) is 1. The molecule has 0 spiro atoms. The number of carbonyl (C=O) groups excluding carboxylic acids is 1. The van der Waals surface area contributed by atoms with Crippen molar-refractivity contribution in [3.63, 3.8) is 0 Å². The lowest BCUT2D eigenvalue weighted by molar-refractivity contribution is 0.102. The van der Waals surface area contributed by atoms with Gasteiger partial charge in [0.15, 0.2) is 0 Å². The zero-order valence-corrected chi connectivity index (χ0v) is 12.0. The molecule has 0 saturated carbocycles. The van der Waals surface area contributed by atoms with Crippen molar-refractivity contribution in [1.29, 1.82) is 0 Å². The molecule has 4 nitrogen and oxygen atoms in total. The van der Waals surface area contributed by atoms with Gasteiger partial charge >= 0.3 is 0 Å². The summed E-state index contributed by atoms with van der Waals surface area (Å²) < 4.78 is 0. The molecule has 0 atom stereocenters. The minimum Gasteiger partial charge on any atom is -0.370 e. The summed E-state index contributed by atoms with van der Waals surface area (Å²) in [4.78, 5) is 18.7. The van der Waals surface area contributed by atoms with E-state index in [1.807, 2.05) is 24.3 Å². The molecule has 1 saturated heterocycles. The largest absolute Gasteiger partial charge is 0.370 e. The Labute approximate surface area is 124 Å². The van der Waals surface area contributed by atoms with Crippen LogP contribution in [0.2, 0.25) is 0 Å². The quantitative estimate of drug-likeness (QED) is 0.938. The number of carbonyl (C=O) groups is 1. The minimum absolute atomic E-state index is 0.167. The molecular formula is C17H19N3O. The van der Waals surface area contributed by atoms with Crippen LogP contribution in [0.25, 0.3) is 0 Å². The Hall–Kier alpha value is -2.36. The van der Waals surface area contributed by atoms with Gasteiger partial charge in [0.25, 0.3) is 5.91 Å². The van der Waals surface area contributed by atoms with E-state index in [0.717, 1.165) is 24.5 Å². The Bertz CT molecular complexity index is 606. The zero-order chi connectivity index (χ0) is 14.5. The summed E-state index contributed by atoms with van der Waals surface area (Å²) in [6.45, 7) is 2.10. The van der Waals surface area contributed by atoms with Crippen LogP contribution in [0, 0.1) is 0 Å². The van der Waals surface area contributed by atoms with Crippen molar-refractivity contribution in [2.24, 2.45) is 0 Å². The molecular weight excluding hydrogens is 262 g/mol. The third-order valence-electron chi connectivity index (χ3n) is 3.75. The number of rotatable bonds is 3. The monoisotopic (exact) mass is 281 g/mol. The van der Waals surface area contributed by atoms with E-state index in [1.165, 1.54) is 19.3 Å². The first-order valence-electron chi connectivity index (χ1n) is 7.41. The first kappa shape index (κ1) is 13.6. The first-order valence-corrected chi connectivity index (χ1v) is 7.41. The van der Waals surface area contributed by atoms with Crippen molar-refractivity contribution in [3.05, 3.63) is 54.4 Å². The standard InChI is InChI=1S/C17H19N3O/c21-17(15-9-4-5-11-18-15)19-14-8-2-3-10-16(14)20-12-6-1-7-13-20/h2-5,8-11H,1,6-7,12-13H2,(H,19,21). The van der Waals surface area contributed by atoms with Crippen LogP contribution >= 0.6 is 0 Å². The van der Waals surface area contributed by atoms with Gasteiger partial charge in [-0.1, -0.05) is 18.2 Å². The van der Waals surface area contributed by atoms with E-state index in [4.69, 9.17) is 0 Å². The highest BCUT2D eigenvalue weighted by atomic mass is 16.1. The van der Waals surface area contributed by atoms with Gasteiger partial charge in [0.05, 0.1) is 11.4 Å². The van der Waals surface area contributed by atoms with Crippen LogP contribution in [0.3, 0.4) is 0 Å². The molecule has 21 heavy (non-hydrogen) atoms. The van der Waals surface area contributed by atoms with E-state index in [9.17, 15) is 4.79 Å². The van der Waals surface area contributed by atoms with Crippen molar-refractivity contribution in [1.82, 2.24) is 4.98 Å². The Kier molecular flexibility index (Phi) is 4.15. The third-order valence-corrected chi connectivity index (χ3v) is 3.75. The van der Waals surface area contributed by atoms with Crippen molar-refractivity contribution in [2.45, 2.75) is 19.3 Å². The molecule has 0 radical (unpaired) electrons. The summed E-state index contributed by atoms with van der Waals surface area (Å²) in [5.41, 5.74) is 2.39. The van der Waals surface area contributed by atoms with Crippen molar-refractivity contribution in [2.75, 3.05) is 23.3 Å². The molecule has 0 aliphatic carbocycles. The second kappa shape index (κ2) is 6.39. The number of anilines is 2. The summed E-state index contributed by atoms with van der Waals surface area (Å²) in [6.07, 6.45) is 5.34. The number of hydrogen-bond acceptors (Lipinski definition) is 3. The van der Waals surface area contributed by atoms with Crippen LogP contribution in [-0.4, -0.2) is 24.0 Å². The lowest BCUT2D eigenvalue weighted by Gasteiger charge is -2.30. The van der Waals surface area contributed by atoms with Gasteiger partial charge in [-0.15, -0.1) is 0 Å². The highest BCUT2D eigenvalue weighted by Gasteiger charge is 2.16. The molecule has 2 heterocycles. The van der Waals surface area contributed by atoms with Gasteiger partial charge in [0, 0.05) is 19.3 Å². The van der Waals surface area contributed by atoms with E-state index >= 15 is 0 Å². The summed E-state index contributed by atoms with van der Waals surface area (Å²) in [7, 11) is 0. The number of nitrogens with zero attached hydrogens (tertiary/aromatic N) is 2. The van der Waals surface area contributed by atoms with Gasteiger partial charge in [0.2, 0.25) is 0 Å². The molecule has 3 rings (SSSR count). The number of aromatic nitrogens is 1. The van der Waals surface area contributed by atoms with Gasteiger partial charge in [-0.3, -0.25) is 9.78 Å². The molecule has 1 N–H and O–H groups in total. The molecule has 0 unspecified atom stereocenters. The number of piperidine rings is 1. The molecule has 2 aromatic rings. The van der Waals surface area contributed by atoms with E-state index in [-0.39, 0.29) is 5.91 Å². The SMILES string of the molecule is O=C(Nc1ccccc1N1CCCCC1)c1ccccn1. The minimum atomic E-state index is -0.167. The van der Waals surface area contributed by atoms with E-state index < -0.39 is 0 Å². The maximum Gasteiger partial charge on any atom is 0.274 e. The summed E-state index contributed by atoms with van der Waals surface area (Å²) in [5, 5.41) is 2.98. The molecule has 1 fully saturated rings. The van der Waals surface area contributed by atoms with Gasteiger partial charge in [-0.05, 0) is 43.5 Å². The van der Waals surface area contributed by atoms with E-state index in [2.05, 4.69) is 21.3 Å². The highest BCUT2D eigenvalue weighted by Crippen LogP contribution is 2.28. The molecule has 1 aromatic heterocycles. The molecule has 1 aliphatic rings. The van der Waals surface area contributed by atoms with Gasteiger partial charge in [-0.2, -0.15) is 0 Å². The fourth-order valence-corrected chi connectivity index (χ4v) is 2.67. The summed E-state index contributed by atoms with van der Waals surface area (Å²) in [6, 6.07) is 13.3. The van der Waals surface area contributed by atoms with Crippen molar-refractivity contribution >= 4 is 17.3 Å². The van der Waals surface area contributed by atoms with E-state index in [0.29, 0.717) is 5.69 Å². The number of benzene rings is 1. The summed E-state index contributed by atoms with van der Waals surface area (Å²) >= 11 is 0. The molecule has 108 valence electrons. The third kappa shape index (κ3) is 3.21. The number of para-hydroxylation sites is 2. The van der Waals surface area contributed by atoms with Crippen LogP contribution in [-0.2, 0) is 0 Å². The number of amides is 1. The topological polar surface area (TPSA) is 45.2 Å². The lowest BCUT2D eigenvalue weighted by Crippen LogP contribution is -2.30. The predicted molar refractivity (Wildman–Crippen MR) is 84.7 cm³/mol. The fraction of sp³-hybridized carbons (Fsp3) is 0.294. The smallest absolute Gasteiger partial charge is 0.274 e. The Morgan fingerprint density at radius 2 is 1.76 bits per heavy atom. The van der Waals surface area contributed by atoms with Crippen LogP contribution in [0.5, 0.6) is 0 Å². The average Bonchev–Trinajstić information content (AvgIpc) is 2.57. The van der Waals surface area contributed by atoms with Crippen LogP contribution in [0.15, 0.2) is 48.7 Å². The Morgan fingerprint density at radius 3 is 2.52 bits per heavy atom. The molecule has 0 bridgehead atoms. The zero-order valence-electron chi connectivity index (χ0n) is 12.0. The van der Waals surface area contributed by atoms with Gasteiger partial charge in [-0.25, -0.2) is 0 Å². The van der Waals surface area contributed by atoms with Crippen molar-refractivity contribution in [3.8, 4) is 0 Å². The molecule has 4 heteroatoms. The van der Waals surface area contributed by atoms with Gasteiger partial charge < -0.3 is 10.2 Å². The second-order valence-electron chi connectivity index (χ2n) is 5.23. The lowest BCUT2D eigenvalue weighted by atomic mass is 10.1.